The van der Waals surface area contributed by atoms with Gasteiger partial charge in [-0.3, -0.25) is 0 Å². The normalized spacial score (nSPS) is 10.5. The number of benzene rings is 1. The highest BCUT2D eigenvalue weighted by Crippen LogP contribution is 2.27. The van der Waals surface area contributed by atoms with Gasteiger partial charge in [0.25, 0.3) is 0 Å². The van der Waals surface area contributed by atoms with Crippen molar-refractivity contribution in [3.63, 3.8) is 0 Å². The number of nitrogens with zero attached hydrogens (tertiary/aromatic N) is 2. The summed E-state index contributed by atoms with van der Waals surface area (Å²) in [4.78, 5) is 0. The highest BCUT2D eigenvalue weighted by atomic mass is 32.2. The van der Waals surface area contributed by atoms with Gasteiger partial charge in [-0.05, 0) is 29.9 Å². The van der Waals surface area contributed by atoms with Crippen LogP contribution < -0.4 is 5.32 Å². The lowest BCUT2D eigenvalue weighted by Gasteiger charge is -2.02. The molecule has 90 valence electrons. The summed E-state index contributed by atoms with van der Waals surface area (Å²) >= 11 is 3.31. The van der Waals surface area contributed by atoms with Gasteiger partial charge in [0.05, 0.1) is 0 Å². The van der Waals surface area contributed by atoms with Crippen molar-refractivity contribution in [2.24, 2.45) is 0 Å². The second kappa shape index (κ2) is 6.02. The third-order valence-electron chi connectivity index (χ3n) is 2.29. The summed E-state index contributed by atoms with van der Waals surface area (Å²) in [5.41, 5.74) is 2.40. The zero-order chi connectivity index (χ0) is 12.1. The predicted octanol–water partition coefficient (Wildman–Crippen LogP) is 3.96. The molecule has 0 aliphatic heterocycles. The average Bonchev–Trinajstić information content (AvgIpc) is 2.78. The van der Waals surface area contributed by atoms with E-state index in [2.05, 4.69) is 53.6 Å². The summed E-state index contributed by atoms with van der Waals surface area (Å²) in [5.74, 6) is 1.03. The number of hydrogen-bond donors (Lipinski definition) is 1. The quantitative estimate of drug-likeness (QED) is 0.830. The molecular weight excluding hydrogens is 250 g/mol. The van der Waals surface area contributed by atoms with E-state index >= 15 is 0 Å². The summed E-state index contributed by atoms with van der Waals surface area (Å²) in [7, 11) is 0. The van der Waals surface area contributed by atoms with Gasteiger partial charge < -0.3 is 5.32 Å². The molecule has 2 rings (SSSR count). The number of aryl methyl sites for hydroxylation is 1. The number of thioether (sulfide) groups is 1. The van der Waals surface area contributed by atoms with Gasteiger partial charge in [-0.15, -0.1) is 10.2 Å². The molecule has 1 heterocycles. The summed E-state index contributed by atoms with van der Waals surface area (Å²) in [5, 5.41) is 12.3. The first kappa shape index (κ1) is 12.4. The van der Waals surface area contributed by atoms with Crippen molar-refractivity contribution in [3.8, 4) is 0 Å². The third-order valence-corrected chi connectivity index (χ3v) is 4.14. The molecule has 0 saturated heterocycles. The van der Waals surface area contributed by atoms with E-state index in [1.165, 1.54) is 5.56 Å². The van der Waals surface area contributed by atoms with E-state index in [-0.39, 0.29) is 0 Å². The molecule has 0 radical (unpaired) electrons. The van der Waals surface area contributed by atoms with E-state index in [4.69, 9.17) is 0 Å². The van der Waals surface area contributed by atoms with Gasteiger partial charge in [-0.25, -0.2) is 0 Å². The Labute approximate surface area is 110 Å². The standard InChI is InChI=1S/C12H15N3S2/c1-3-9-5-7-10(8-6-9)13-11-14-15-12(17-11)16-4-2/h5-8H,3-4H2,1-2H3,(H,13,14). The highest BCUT2D eigenvalue weighted by Gasteiger charge is 2.03. The van der Waals surface area contributed by atoms with Crippen LogP contribution >= 0.6 is 23.1 Å². The third kappa shape index (κ3) is 3.44. The first-order chi connectivity index (χ1) is 8.31. The molecular formula is C12H15N3S2. The van der Waals surface area contributed by atoms with Crippen LogP contribution in [0.15, 0.2) is 28.6 Å². The van der Waals surface area contributed by atoms with Crippen molar-refractivity contribution < 1.29 is 0 Å². The molecule has 2 aromatic rings. The average molecular weight is 265 g/mol. The summed E-state index contributed by atoms with van der Waals surface area (Å²) in [6.07, 6.45) is 1.07. The molecule has 0 bridgehead atoms. The van der Waals surface area contributed by atoms with Gasteiger partial charge in [0.2, 0.25) is 5.13 Å². The van der Waals surface area contributed by atoms with Crippen molar-refractivity contribution in [2.45, 2.75) is 24.6 Å². The summed E-state index contributed by atoms with van der Waals surface area (Å²) in [6, 6.07) is 8.41. The number of anilines is 2. The van der Waals surface area contributed by atoms with Gasteiger partial charge in [0, 0.05) is 5.69 Å². The van der Waals surface area contributed by atoms with Crippen LogP contribution in [0.5, 0.6) is 0 Å². The van der Waals surface area contributed by atoms with E-state index in [0.717, 1.165) is 27.3 Å². The molecule has 1 N–H and O–H groups in total. The molecule has 3 nitrogen and oxygen atoms in total. The summed E-state index contributed by atoms with van der Waals surface area (Å²) in [6.45, 7) is 4.27. The smallest absolute Gasteiger partial charge is 0.210 e. The van der Waals surface area contributed by atoms with E-state index in [1.807, 2.05) is 0 Å². The van der Waals surface area contributed by atoms with Crippen LogP contribution in [0.2, 0.25) is 0 Å². The van der Waals surface area contributed by atoms with Gasteiger partial charge in [-0.1, -0.05) is 49.1 Å². The second-order valence-corrected chi connectivity index (χ2v) is 5.97. The van der Waals surface area contributed by atoms with Crippen molar-refractivity contribution in [2.75, 3.05) is 11.1 Å². The minimum absolute atomic E-state index is 0.852. The molecule has 0 unspecified atom stereocenters. The fourth-order valence-corrected chi connectivity index (χ4v) is 3.06. The predicted molar refractivity (Wildman–Crippen MR) is 75.4 cm³/mol. The zero-order valence-electron chi connectivity index (χ0n) is 9.93. The van der Waals surface area contributed by atoms with E-state index < -0.39 is 0 Å². The van der Waals surface area contributed by atoms with Gasteiger partial charge in [-0.2, -0.15) is 0 Å². The number of nitrogens with one attached hydrogen (secondary N) is 1. The molecule has 17 heavy (non-hydrogen) atoms. The molecule has 0 atom stereocenters. The van der Waals surface area contributed by atoms with Crippen molar-refractivity contribution in [1.82, 2.24) is 10.2 Å². The molecule has 0 spiro atoms. The lowest BCUT2D eigenvalue weighted by Crippen LogP contribution is -1.89. The number of hydrogen-bond acceptors (Lipinski definition) is 5. The lowest BCUT2D eigenvalue weighted by atomic mass is 10.1. The van der Waals surface area contributed by atoms with Gasteiger partial charge in [0.1, 0.15) is 0 Å². The van der Waals surface area contributed by atoms with E-state index in [1.54, 1.807) is 23.1 Å². The second-order valence-electron chi connectivity index (χ2n) is 3.48. The minimum atomic E-state index is 0.852. The first-order valence-corrected chi connectivity index (χ1v) is 7.44. The highest BCUT2D eigenvalue weighted by molar-refractivity contribution is 8.01. The Bertz CT molecular complexity index is 465. The Morgan fingerprint density at radius 2 is 1.94 bits per heavy atom. The Kier molecular flexibility index (Phi) is 4.39. The SMILES string of the molecule is CCSc1nnc(Nc2ccc(CC)cc2)s1. The lowest BCUT2D eigenvalue weighted by molar-refractivity contribution is 1.01. The molecule has 5 heteroatoms. The van der Waals surface area contributed by atoms with Gasteiger partial charge in [0.15, 0.2) is 4.34 Å². The molecule has 1 aromatic carbocycles. The van der Waals surface area contributed by atoms with E-state index in [0.29, 0.717) is 0 Å². The maximum Gasteiger partial charge on any atom is 0.210 e. The van der Waals surface area contributed by atoms with Crippen molar-refractivity contribution in [1.29, 1.82) is 0 Å². The topological polar surface area (TPSA) is 37.8 Å². The van der Waals surface area contributed by atoms with Crippen LogP contribution in [0, 0.1) is 0 Å². The first-order valence-electron chi connectivity index (χ1n) is 5.64. The van der Waals surface area contributed by atoms with Crippen LogP contribution in [0.1, 0.15) is 19.4 Å². The van der Waals surface area contributed by atoms with Gasteiger partial charge >= 0.3 is 0 Å². The Balaban J connectivity index is 2.03. The zero-order valence-corrected chi connectivity index (χ0v) is 11.6. The maximum absolute atomic E-state index is 4.11. The summed E-state index contributed by atoms with van der Waals surface area (Å²) < 4.78 is 1.01. The van der Waals surface area contributed by atoms with Crippen LogP contribution in [-0.4, -0.2) is 16.0 Å². The Morgan fingerprint density at radius 1 is 1.18 bits per heavy atom. The Morgan fingerprint density at radius 3 is 2.59 bits per heavy atom. The van der Waals surface area contributed by atoms with Crippen LogP contribution in [0.25, 0.3) is 0 Å². The van der Waals surface area contributed by atoms with Crippen LogP contribution in [0.4, 0.5) is 10.8 Å². The molecule has 0 aliphatic rings. The van der Waals surface area contributed by atoms with E-state index in [9.17, 15) is 0 Å². The molecule has 1 aromatic heterocycles. The van der Waals surface area contributed by atoms with Crippen LogP contribution in [0.3, 0.4) is 0 Å². The van der Waals surface area contributed by atoms with Crippen LogP contribution in [-0.2, 0) is 6.42 Å². The molecule has 0 saturated carbocycles. The number of rotatable bonds is 5. The fourth-order valence-electron chi connectivity index (χ4n) is 1.39. The Hall–Kier alpha value is -1.07. The molecule has 0 aliphatic carbocycles. The number of aromatic nitrogens is 2. The fraction of sp³-hybridized carbons (Fsp3) is 0.333. The largest absolute Gasteiger partial charge is 0.330 e. The monoisotopic (exact) mass is 265 g/mol. The maximum atomic E-state index is 4.11. The minimum Gasteiger partial charge on any atom is -0.330 e. The van der Waals surface area contributed by atoms with Crippen molar-refractivity contribution in [3.05, 3.63) is 29.8 Å². The molecule has 0 amide bonds. The molecule has 0 fully saturated rings. The van der Waals surface area contributed by atoms with Crippen molar-refractivity contribution >= 4 is 33.9 Å².